The van der Waals surface area contributed by atoms with E-state index in [1.807, 2.05) is 4.90 Å². The molecule has 3 fully saturated rings. The molecule has 134 valence electrons. The molecule has 1 atom stereocenters. The SMILES string of the molecule is O=C1CCCCN1C[C@@H]1CCC2(CN(C(=O)c3cnccn3)C2)OC1. The molecular formula is C18H24N4O3. The maximum Gasteiger partial charge on any atom is 0.274 e. The predicted octanol–water partition coefficient (Wildman–Crippen LogP) is 1.11. The molecule has 1 aromatic heterocycles. The maximum absolute atomic E-state index is 12.3. The summed E-state index contributed by atoms with van der Waals surface area (Å²) in [6.45, 7) is 3.63. The first-order chi connectivity index (χ1) is 12.2. The number of amides is 2. The zero-order chi connectivity index (χ0) is 17.3. The maximum atomic E-state index is 12.3. The van der Waals surface area contributed by atoms with Gasteiger partial charge in [-0.1, -0.05) is 0 Å². The Morgan fingerprint density at radius 1 is 1.32 bits per heavy atom. The van der Waals surface area contributed by atoms with Gasteiger partial charge in [-0.3, -0.25) is 14.6 Å². The highest BCUT2D eigenvalue weighted by Crippen LogP contribution is 2.37. The summed E-state index contributed by atoms with van der Waals surface area (Å²) in [5, 5.41) is 0. The van der Waals surface area contributed by atoms with E-state index in [2.05, 4.69) is 9.97 Å². The molecule has 0 N–H and O–H groups in total. The van der Waals surface area contributed by atoms with Gasteiger partial charge in [0.25, 0.3) is 5.91 Å². The second-order valence-electron chi connectivity index (χ2n) is 7.45. The van der Waals surface area contributed by atoms with Crippen molar-refractivity contribution in [2.75, 3.05) is 32.8 Å². The first kappa shape index (κ1) is 16.4. The second-order valence-corrected chi connectivity index (χ2v) is 7.45. The van der Waals surface area contributed by atoms with Crippen molar-refractivity contribution in [1.29, 1.82) is 0 Å². The van der Waals surface area contributed by atoms with E-state index in [0.29, 0.717) is 37.7 Å². The Kier molecular flexibility index (Phi) is 4.41. The molecule has 2 amide bonds. The average molecular weight is 344 g/mol. The summed E-state index contributed by atoms with van der Waals surface area (Å²) in [7, 11) is 0. The van der Waals surface area contributed by atoms with Crippen LogP contribution in [0.1, 0.15) is 42.6 Å². The average Bonchev–Trinajstić information content (AvgIpc) is 2.63. The van der Waals surface area contributed by atoms with E-state index < -0.39 is 0 Å². The number of hydrogen-bond donors (Lipinski definition) is 0. The summed E-state index contributed by atoms with van der Waals surface area (Å²) >= 11 is 0. The fourth-order valence-corrected chi connectivity index (χ4v) is 4.04. The normalized spacial score (nSPS) is 25.8. The van der Waals surface area contributed by atoms with Crippen molar-refractivity contribution >= 4 is 11.8 Å². The van der Waals surface area contributed by atoms with Gasteiger partial charge in [-0.25, -0.2) is 4.98 Å². The zero-order valence-corrected chi connectivity index (χ0v) is 14.4. The summed E-state index contributed by atoms with van der Waals surface area (Å²) < 4.78 is 6.14. The fourth-order valence-electron chi connectivity index (χ4n) is 4.04. The molecule has 4 rings (SSSR count). The van der Waals surface area contributed by atoms with E-state index in [0.717, 1.165) is 38.8 Å². The van der Waals surface area contributed by atoms with E-state index in [1.165, 1.54) is 12.4 Å². The van der Waals surface area contributed by atoms with Gasteiger partial charge in [-0.05, 0) is 25.7 Å². The largest absolute Gasteiger partial charge is 0.371 e. The number of carbonyl (C=O) groups is 2. The molecule has 25 heavy (non-hydrogen) atoms. The van der Waals surface area contributed by atoms with Gasteiger partial charge in [0.15, 0.2) is 0 Å². The number of ether oxygens (including phenoxy) is 1. The molecule has 0 bridgehead atoms. The third kappa shape index (κ3) is 3.38. The highest BCUT2D eigenvalue weighted by Gasteiger charge is 2.49. The van der Waals surface area contributed by atoms with Gasteiger partial charge in [0, 0.05) is 37.8 Å². The lowest BCUT2D eigenvalue weighted by Gasteiger charge is -2.52. The Morgan fingerprint density at radius 3 is 2.88 bits per heavy atom. The lowest BCUT2D eigenvalue weighted by atomic mass is 9.82. The Labute approximate surface area is 147 Å². The van der Waals surface area contributed by atoms with Gasteiger partial charge in [0.2, 0.25) is 5.91 Å². The first-order valence-electron chi connectivity index (χ1n) is 9.12. The van der Waals surface area contributed by atoms with Gasteiger partial charge in [-0.15, -0.1) is 0 Å². The standard InChI is InChI=1S/C18H24N4O3/c23-16-3-1-2-8-21(16)10-14-4-5-18(25-11-14)12-22(13-18)17(24)15-9-19-6-7-20-15/h6-7,9,14H,1-5,8,10-13H2/t14-/m0/s1. The highest BCUT2D eigenvalue weighted by molar-refractivity contribution is 5.92. The third-order valence-corrected chi connectivity index (χ3v) is 5.56. The van der Waals surface area contributed by atoms with Crippen LogP contribution in [0.5, 0.6) is 0 Å². The molecule has 1 spiro atoms. The molecule has 7 nitrogen and oxygen atoms in total. The lowest BCUT2D eigenvalue weighted by molar-refractivity contribution is -0.170. The molecule has 3 saturated heterocycles. The summed E-state index contributed by atoms with van der Waals surface area (Å²) in [5.74, 6) is 0.622. The molecule has 0 saturated carbocycles. The van der Waals surface area contributed by atoms with E-state index in [9.17, 15) is 9.59 Å². The number of likely N-dealkylation sites (tertiary alicyclic amines) is 2. The van der Waals surface area contributed by atoms with E-state index in [4.69, 9.17) is 4.74 Å². The topological polar surface area (TPSA) is 75.6 Å². The van der Waals surface area contributed by atoms with Crippen LogP contribution in [0.4, 0.5) is 0 Å². The minimum Gasteiger partial charge on any atom is -0.371 e. The minimum absolute atomic E-state index is 0.0802. The Bertz CT molecular complexity index is 635. The predicted molar refractivity (Wildman–Crippen MR) is 89.8 cm³/mol. The van der Waals surface area contributed by atoms with Crippen LogP contribution in [-0.4, -0.2) is 70.0 Å². The number of aromatic nitrogens is 2. The summed E-state index contributed by atoms with van der Waals surface area (Å²) in [6.07, 6.45) is 9.43. The molecule has 7 heteroatoms. The van der Waals surface area contributed by atoms with Crippen molar-refractivity contribution in [1.82, 2.24) is 19.8 Å². The Hall–Kier alpha value is -2.02. The number of carbonyl (C=O) groups excluding carboxylic acids is 2. The quantitative estimate of drug-likeness (QED) is 0.821. The van der Waals surface area contributed by atoms with Crippen molar-refractivity contribution in [2.45, 2.75) is 37.7 Å². The number of nitrogens with zero attached hydrogens (tertiary/aromatic N) is 4. The van der Waals surface area contributed by atoms with Crippen LogP contribution in [0.15, 0.2) is 18.6 Å². The van der Waals surface area contributed by atoms with Crippen LogP contribution in [0.3, 0.4) is 0 Å². The van der Waals surface area contributed by atoms with E-state index >= 15 is 0 Å². The Balaban J connectivity index is 1.26. The van der Waals surface area contributed by atoms with E-state index in [1.54, 1.807) is 11.1 Å². The van der Waals surface area contributed by atoms with E-state index in [-0.39, 0.29) is 17.4 Å². The molecule has 0 unspecified atom stereocenters. The molecular weight excluding hydrogens is 320 g/mol. The molecule has 0 radical (unpaired) electrons. The van der Waals surface area contributed by atoms with Gasteiger partial charge >= 0.3 is 0 Å². The van der Waals surface area contributed by atoms with Crippen LogP contribution < -0.4 is 0 Å². The van der Waals surface area contributed by atoms with Crippen molar-refractivity contribution in [3.8, 4) is 0 Å². The third-order valence-electron chi connectivity index (χ3n) is 5.56. The zero-order valence-electron chi connectivity index (χ0n) is 14.4. The summed E-state index contributed by atoms with van der Waals surface area (Å²) in [4.78, 5) is 36.1. The van der Waals surface area contributed by atoms with Gasteiger partial charge < -0.3 is 14.5 Å². The van der Waals surface area contributed by atoms with Crippen LogP contribution in [0.2, 0.25) is 0 Å². The van der Waals surface area contributed by atoms with Gasteiger partial charge in [-0.2, -0.15) is 0 Å². The van der Waals surface area contributed by atoms with Crippen molar-refractivity contribution < 1.29 is 14.3 Å². The molecule has 3 aliphatic heterocycles. The number of piperidine rings is 1. The number of hydrogen-bond acceptors (Lipinski definition) is 5. The molecule has 4 heterocycles. The lowest BCUT2D eigenvalue weighted by Crippen LogP contribution is -2.66. The van der Waals surface area contributed by atoms with Crippen molar-refractivity contribution in [3.63, 3.8) is 0 Å². The van der Waals surface area contributed by atoms with Crippen LogP contribution in [0.25, 0.3) is 0 Å². The molecule has 3 aliphatic rings. The molecule has 1 aromatic rings. The van der Waals surface area contributed by atoms with Gasteiger partial charge in [0.1, 0.15) is 11.3 Å². The second kappa shape index (κ2) is 6.71. The minimum atomic E-state index is -0.194. The fraction of sp³-hybridized carbons (Fsp3) is 0.667. The van der Waals surface area contributed by atoms with Gasteiger partial charge in [0.05, 0.1) is 25.9 Å². The van der Waals surface area contributed by atoms with Crippen LogP contribution >= 0.6 is 0 Å². The molecule has 0 aliphatic carbocycles. The molecule has 0 aromatic carbocycles. The monoisotopic (exact) mass is 344 g/mol. The highest BCUT2D eigenvalue weighted by atomic mass is 16.5. The summed E-state index contributed by atoms with van der Waals surface area (Å²) in [6, 6.07) is 0. The van der Waals surface area contributed by atoms with Crippen LogP contribution in [0, 0.1) is 5.92 Å². The van der Waals surface area contributed by atoms with Crippen molar-refractivity contribution in [3.05, 3.63) is 24.3 Å². The van der Waals surface area contributed by atoms with Crippen molar-refractivity contribution in [2.24, 2.45) is 5.92 Å². The first-order valence-corrected chi connectivity index (χ1v) is 9.12. The smallest absolute Gasteiger partial charge is 0.274 e. The summed E-state index contributed by atoms with van der Waals surface area (Å²) in [5.41, 5.74) is 0.190. The van der Waals surface area contributed by atoms with Crippen LogP contribution in [-0.2, 0) is 9.53 Å². The number of rotatable bonds is 3. The Morgan fingerprint density at radius 2 is 2.20 bits per heavy atom.